The Hall–Kier alpha value is -3.16. The van der Waals surface area contributed by atoms with Crippen LogP contribution in [0.15, 0.2) is 24.4 Å². The largest absolute Gasteiger partial charge is 0.476 e. The lowest BCUT2D eigenvalue weighted by Crippen LogP contribution is -2.41. The fourth-order valence-electron chi connectivity index (χ4n) is 3.96. The zero-order valence-corrected chi connectivity index (χ0v) is 16.0. The molecule has 0 unspecified atom stereocenters. The third kappa shape index (κ3) is 3.37. The number of aromatic carboxylic acids is 1. The second kappa shape index (κ2) is 7.10. The van der Waals surface area contributed by atoms with Crippen LogP contribution in [0.5, 0.6) is 0 Å². The number of nitrogens with one attached hydrogen (secondary N) is 1. The summed E-state index contributed by atoms with van der Waals surface area (Å²) in [6.07, 6.45) is 3.32. The summed E-state index contributed by atoms with van der Waals surface area (Å²) in [5.41, 5.74) is 3.71. The fraction of sp³-hybridized carbons (Fsp3) is 0.400. The van der Waals surface area contributed by atoms with Gasteiger partial charge in [0.2, 0.25) is 0 Å². The van der Waals surface area contributed by atoms with E-state index < -0.39 is 5.97 Å². The molecule has 8 nitrogen and oxygen atoms in total. The number of hydrogen-bond acceptors (Lipinski definition) is 4. The first kappa shape index (κ1) is 18.2. The van der Waals surface area contributed by atoms with Crippen molar-refractivity contribution in [2.75, 3.05) is 13.1 Å². The van der Waals surface area contributed by atoms with Gasteiger partial charge in [-0.3, -0.25) is 9.48 Å². The number of amides is 1. The molecular weight excluding hydrogens is 358 g/mol. The maximum absolute atomic E-state index is 13.1. The number of aromatic nitrogens is 4. The molecule has 1 atom stereocenters. The van der Waals surface area contributed by atoms with Gasteiger partial charge < -0.3 is 15.0 Å². The van der Waals surface area contributed by atoms with Gasteiger partial charge in [-0.15, -0.1) is 5.10 Å². The highest BCUT2D eigenvalue weighted by Gasteiger charge is 2.27. The monoisotopic (exact) mass is 381 g/mol. The van der Waals surface area contributed by atoms with Crippen molar-refractivity contribution in [2.24, 2.45) is 5.92 Å². The second-order valence-electron chi connectivity index (χ2n) is 7.56. The number of carbonyl (C=O) groups excluding carboxylic acids is 1. The van der Waals surface area contributed by atoms with E-state index >= 15 is 0 Å². The van der Waals surface area contributed by atoms with Crippen LogP contribution in [0, 0.1) is 19.8 Å². The first-order valence-electron chi connectivity index (χ1n) is 9.44. The molecule has 28 heavy (non-hydrogen) atoms. The molecule has 1 aliphatic rings. The molecule has 1 aromatic carbocycles. The summed E-state index contributed by atoms with van der Waals surface area (Å²) in [6, 6.07) is 6.15. The number of carboxylic acids is 1. The molecule has 1 saturated heterocycles. The number of benzene rings is 1. The Morgan fingerprint density at radius 1 is 1.32 bits per heavy atom. The smallest absolute Gasteiger partial charge is 0.358 e. The summed E-state index contributed by atoms with van der Waals surface area (Å²) in [5, 5.41) is 17.6. The van der Waals surface area contributed by atoms with Crippen LogP contribution in [0.4, 0.5) is 0 Å². The lowest BCUT2D eigenvalue weighted by atomic mass is 9.97. The number of rotatable bonds is 4. The molecule has 2 N–H and O–H groups in total. The quantitative estimate of drug-likeness (QED) is 0.723. The summed E-state index contributed by atoms with van der Waals surface area (Å²) in [7, 11) is 0. The van der Waals surface area contributed by atoms with Gasteiger partial charge in [-0.25, -0.2) is 4.79 Å². The molecule has 0 radical (unpaired) electrons. The molecule has 0 spiro atoms. The summed E-state index contributed by atoms with van der Waals surface area (Å²) in [6.45, 7) is 5.92. The van der Waals surface area contributed by atoms with Gasteiger partial charge in [-0.1, -0.05) is 16.8 Å². The Labute approximate surface area is 162 Å². The Morgan fingerprint density at radius 2 is 2.14 bits per heavy atom. The highest BCUT2D eigenvalue weighted by atomic mass is 16.4. The molecule has 1 fully saturated rings. The van der Waals surface area contributed by atoms with Crippen LogP contribution < -0.4 is 0 Å². The summed E-state index contributed by atoms with van der Waals surface area (Å²) < 4.78 is 1.55. The van der Waals surface area contributed by atoms with Crippen molar-refractivity contribution in [1.82, 2.24) is 24.9 Å². The van der Waals surface area contributed by atoms with E-state index in [2.05, 4.69) is 21.4 Å². The van der Waals surface area contributed by atoms with E-state index in [0.717, 1.165) is 35.9 Å². The van der Waals surface area contributed by atoms with Crippen molar-refractivity contribution in [3.8, 4) is 0 Å². The van der Waals surface area contributed by atoms with Gasteiger partial charge in [-0.05, 0) is 50.3 Å². The van der Waals surface area contributed by atoms with Gasteiger partial charge in [0.05, 0.1) is 6.20 Å². The molecule has 1 aliphatic heterocycles. The van der Waals surface area contributed by atoms with Crippen LogP contribution in [0.3, 0.4) is 0 Å². The predicted octanol–water partition coefficient (Wildman–Crippen LogP) is 2.63. The average Bonchev–Trinajstić information content (AvgIpc) is 3.27. The number of carbonyl (C=O) groups is 2. The van der Waals surface area contributed by atoms with Crippen molar-refractivity contribution in [1.29, 1.82) is 0 Å². The Bertz CT molecular complexity index is 1050. The fourth-order valence-corrected chi connectivity index (χ4v) is 3.96. The number of hydrogen-bond donors (Lipinski definition) is 2. The van der Waals surface area contributed by atoms with Crippen LogP contribution in [0.25, 0.3) is 10.9 Å². The van der Waals surface area contributed by atoms with Gasteiger partial charge in [-0.2, -0.15) is 0 Å². The molecule has 4 rings (SSSR count). The number of likely N-dealkylation sites (tertiary alicyclic amines) is 1. The van der Waals surface area contributed by atoms with E-state index in [9.17, 15) is 9.59 Å². The lowest BCUT2D eigenvalue weighted by Gasteiger charge is -2.32. The van der Waals surface area contributed by atoms with Crippen LogP contribution in [0.2, 0.25) is 0 Å². The molecule has 3 aromatic rings. The molecule has 1 amide bonds. The van der Waals surface area contributed by atoms with Crippen molar-refractivity contribution in [3.05, 3.63) is 46.9 Å². The topological polar surface area (TPSA) is 104 Å². The average molecular weight is 381 g/mol. The number of piperidine rings is 1. The highest BCUT2D eigenvalue weighted by molar-refractivity contribution is 6.01. The van der Waals surface area contributed by atoms with E-state index in [1.165, 1.54) is 11.8 Å². The number of aromatic amines is 1. The van der Waals surface area contributed by atoms with E-state index in [-0.39, 0.29) is 17.5 Å². The zero-order chi connectivity index (χ0) is 19.8. The standard InChI is InChI=1S/C20H23N5O3/c1-12-5-6-16-15(8-12)13(2)18(21-16)19(26)24-7-3-4-14(9-24)10-25-11-17(20(27)28)22-23-25/h5-6,8,11,14,21H,3-4,7,9-10H2,1-2H3,(H,27,28)/t14-/m1/s1. The molecule has 0 aliphatic carbocycles. The number of H-pyrrole nitrogens is 1. The minimum absolute atomic E-state index is 0.0147. The van der Waals surface area contributed by atoms with E-state index in [1.807, 2.05) is 30.9 Å². The molecule has 146 valence electrons. The van der Waals surface area contributed by atoms with Crippen molar-refractivity contribution in [3.63, 3.8) is 0 Å². The normalized spacial score (nSPS) is 17.2. The molecule has 2 aromatic heterocycles. The molecular formula is C20H23N5O3. The molecule has 8 heteroatoms. The number of aryl methyl sites for hydroxylation is 2. The van der Waals surface area contributed by atoms with Crippen molar-refractivity contribution in [2.45, 2.75) is 33.2 Å². The summed E-state index contributed by atoms with van der Waals surface area (Å²) in [5.74, 6) is -0.856. The number of nitrogens with zero attached hydrogens (tertiary/aromatic N) is 4. The molecule has 3 heterocycles. The predicted molar refractivity (Wildman–Crippen MR) is 103 cm³/mol. The van der Waals surface area contributed by atoms with Gasteiger partial charge in [0.1, 0.15) is 5.69 Å². The Morgan fingerprint density at radius 3 is 2.89 bits per heavy atom. The minimum Gasteiger partial charge on any atom is -0.476 e. The van der Waals surface area contributed by atoms with E-state index in [4.69, 9.17) is 5.11 Å². The summed E-state index contributed by atoms with van der Waals surface area (Å²) in [4.78, 5) is 29.3. The maximum Gasteiger partial charge on any atom is 0.358 e. The Balaban J connectivity index is 1.50. The molecule has 0 bridgehead atoms. The minimum atomic E-state index is -1.09. The summed E-state index contributed by atoms with van der Waals surface area (Å²) >= 11 is 0. The van der Waals surface area contributed by atoms with Gasteiger partial charge in [0.15, 0.2) is 5.69 Å². The van der Waals surface area contributed by atoms with Crippen LogP contribution in [-0.4, -0.2) is 55.0 Å². The highest BCUT2D eigenvalue weighted by Crippen LogP contribution is 2.26. The van der Waals surface area contributed by atoms with E-state index in [1.54, 1.807) is 4.68 Å². The van der Waals surface area contributed by atoms with Gasteiger partial charge in [0.25, 0.3) is 5.91 Å². The maximum atomic E-state index is 13.1. The van der Waals surface area contributed by atoms with E-state index in [0.29, 0.717) is 18.8 Å². The third-order valence-corrected chi connectivity index (χ3v) is 5.44. The first-order chi connectivity index (χ1) is 13.4. The van der Waals surface area contributed by atoms with Crippen molar-refractivity contribution >= 4 is 22.8 Å². The third-order valence-electron chi connectivity index (χ3n) is 5.44. The SMILES string of the molecule is Cc1ccc2[nH]c(C(=O)N3CCC[C@@H](Cn4cc(C(=O)O)nn4)C3)c(C)c2c1. The number of fused-ring (bicyclic) bond motifs is 1. The van der Waals surface area contributed by atoms with Crippen LogP contribution >= 0.6 is 0 Å². The van der Waals surface area contributed by atoms with Crippen molar-refractivity contribution < 1.29 is 14.7 Å². The van der Waals surface area contributed by atoms with Crippen LogP contribution in [0.1, 0.15) is 44.9 Å². The second-order valence-corrected chi connectivity index (χ2v) is 7.56. The van der Waals surface area contributed by atoms with Gasteiger partial charge in [0, 0.05) is 30.5 Å². The Kier molecular flexibility index (Phi) is 4.62. The zero-order valence-electron chi connectivity index (χ0n) is 16.0. The lowest BCUT2D eigenvalue weighted by molar-refractivity contribution is 0.0652. The first-order valence-corrected chi connectivity index (χ1v) is 9.44. The number of carboxylic acid groups (broad SMARTS) is 1. The molecule has 0 saturated carbocycles. The van der Waals surface area contributed by atoms with Gasteiger partial charge >= 0.3 is 5.97 Å². The van der Waals surface area contributed by atoms with Crippen LogP contribution in [-0.2, 0) is 6.54 Å².